The van der Waals surface area contributed by atoms with E-state index in [0.29, 0.717) is 32.4 Å². The van der Waals surface area contributed by atoms with Gasteiger partial charge in [0.25, 0.3) is 0 Å². The molecule has 0 radical (unpaired) electrons. The van der Waals surface area contributed by atoms with E-state index in [1.54, 1.807) is 12.4 Å². The van der Waals surface area contributed by atoms with Crippen LogP contribution in [-0.2, 0) is 16.4 Å². The van der Waals surface area contributed by atoms with Crippen LogP contribution in [0.15, 0.2) is 29.9 Å². The first-order chi connectivity index (χ1) is 12.0. The summed E-state index contributed by atoms with van der Waals surface area (Å²) in [5, 5.41) is 11.3. The number of pyridine rings is 1. The third kappa shape index (κ3) is 4.42. The smallest absolute Gasteiger partial charge is 0.355 e. The number of aromatic carboxylic acids is 1. The lowest BCUT2D eigenvalue weighted by molar-refractivity contribution is 0.0691. The molecule has 3 heterocycles. The van der Waals surface area contributed by atoms with Crippen molar-refractivity contribution in [3.63, 3.8) is 0 Å². The lowest BCUT2D eigenvalue weighted by atomic mass is 9.99. The fourth-order valence-electron chi connectivity index (χ4n) is 2.88. The SMILES string of the molecule is O=C(O)c1csc(C2CCN(S(=O)(=O)CCc3ccncc3)CC2)n1. The van der Waals surface area contributed by atoms with Crippen LogP contribution in [0.1, 0.15) is 39.8 Å². The molecule has 0 unspecified atom stereocenters. The van der Waals surface area contributed by atoms with Gasteiger partial charge in [0.05, 0.1) is 10.8 Å². The largest absolute Gasteiger partial charge is 0.476 e. The molecule has 1 saturated heterocycles. The zero-order valence-corrected chi connectivity index (χ0v) is 15.2. The Morgan fingerprint density at radius 2 is 1.96 bits per heavy atom. The molecule has 2 aromatic rings. The van der Waals surface area contributed by atoms with Crippen LogP contribution in [0.3, 0.4) is 0 Å². The van der Waals surface area contributed by atoms with E-state index in [1.807, 2.05) is 12.1 Å². The summed E-state index contributed by atoms with van der Waals surface area (Å²) in [6.45, 7) is 0.899. The van der Waals surface area contributed by atoms with Gasteiger partial charge >= 0.3 is 5.97 Å². The minimum atomic E-state index is -3.29. The Morgan fingerprint density at radius 3 is 2.56 bits per heavy atom. The molecule has 0 aromatic carbocycles. The molecular formula is C16H19N3O4S2. The summed E-state index contributed by atoms with van der Waals surface area (Å²) >= 11 is 1.33. The highest BCUT2D eigenvalue weighted by atomic mass is 32.2. The monoisotopic (exact) mass is 381 g/mol. The van der Waals surface area contributed by atoms with Crippen LogP contribution in [0.25, 0.3) is 0 Å². The van der Waals surface area contributed by atoms with E-state index < -0.39 is 16.0 Å². The maximum absolute atomic E-state index is 12.5. The lowest BCUT2D eigenvalue weighted by Crippen LogP contribution is -2.39. The number of carbonyl (C=O) groups is 1. The van der Waals surface area contributed by atoms with Crippen LogP contribution in [-0.4, -0.2) is 52.6 Å². The van der Waals surface area contributed by atoms with Gasteiger partial charge in [-0.2, -0.15) is 0 Å². The number of piperidine rings is 1. The number of rotatable bonds is 6. The Labute approximate surface area is 150 Å². The van der Waals surface area contributed by atoms with Crippen LogP contribution in [0.4, 0.5) is 0 Å². The average Bonchev–Trinajstić information content (AvgIpc) is 3.12. The molecule has 2 aromatic heterocycles. The first-order valence-electron chi connectivity index (χ1n) is 8.01. The van der Waals surface area contributed by atoms with Gasteiger partial charge in [-0.25, -0.2) is 22.5 Å². The third-order valence-electron chi connectivity index (χ3n) is 4.34. The summed E-state index contributed by atoms with van der Waals surface area (Å²) < 4.78 is 26.6. The summed E-state index contributed by atoms with van der Waals surface area (Å²) in [5.41, 5.74) is 1.02. The van der Waals surface area contributed by atoms with Crippen molar-refractivity contribution in [2.24, 2.45) is 0 Å². The number of nitrogens with zero attached hydrogens (tertiary/aromatic N) is 3. The maximum atomic E-state index is 12.5. The first-order valence-corrected chi connectivity index (χ1v) is 10.5. The second-order valence-electron chi connectivity index (χ2n) is 5.97. The van der Waals surface area contributed by atoms with E-state index in [0.717, 1.165) is 10.6 Å². The van der Waals surface area contributed by atoms with Gasteiger partial charge in [-0.15, -0.1) is 11.3 Å². The predicted octanol–water partition coefficient (Wildman–Crippen LogP) is 1.99. The maximum Gasteiger partial charge on any atom is 0.355 e. The van der Waals surface area contributed by atoms with Gasteiger partial charge in [-0.1, -0.05) is 0 Å². The van der Waals surface area contributed by atoms with Gasteiger partial charge in [0.2, 0.25) is 10.0 Å². The van der Waals surface area contributed by atoms with Crippen molar-refractivity contribution in [1.29, 1.82) is 0 Å². The van der Waals surface area contributed by atoms with E-state index in [9.17, 15) is 13.2 Å². The zero-order valence-electron chi connectivity index (χ0n) is 13.5. The van der Waals surface area contributed by atoms with E-state index in [2.05, 4.69) is 9.97 Å². The molecule has 134 valence electrons. The van der Waals surface area contributed by atoms with Crippen LogP contribution < -0.4 is 0 Å². The standard InChI is InChI=1S/C16H19N3O4S2/c20-16(21)14-11-24-15(18-14)13-3-8-19(9-4-13)25(22,23)10-5-12-1-6-17-7-2-12/h1-2,6-7,11,13H,3-5,8-10H2,(H,20,21). The molecule has 3 rings (SSSR count). The Hall–Kier alpha value is -1.84. The minimum Gasteiger partial charge on any atom is -0.476 e. The van der Waals surface area contributed by atoms with Gasteiger partial charge < -0.3 is 5.11 Å². The predicted molar refractivity (Wildman–Crippen MR) is 94.3 cm³/mol. The van der Waals surface area contributed by atoms with Crippen molar-refractivity contribution in [2.75, 3.05) is 18.8 Å². The Bertz CT molecular complexity index is 828. The van der Waals surface area contributed by atoms with Crippen LogP contribution in [0.5, 0.6) is 0 Å². The molecule has 0 saturated carbocycles. The summed E-state index contributed by atoms with van der Waals surface area (Å²) in [5.74, 6) is -0.814. The second kappa shape index (κ2) is 7.59. The highest BCUT2D eigenvalue weighted by Gasteiger charge is 2.30. The zero-order chi connectivity index (χ0) is 17.9. The molecule has 25 heavy (non-hydrogen) atoms. The molecule has 9 heteroatoms. The van der Waals surface area contributed by atoms with Gasteiger partial charge in [0.1, 0.15) is 0 Å². The number of thiazole rings is 1. The van der Waals surface area contributed by atoms with E-state index in [-0.39, 0.29) is 17.4 Å². The van der Waals surface area contributed by atoms with Gasteiger partial charge in [-0.05, 0) is 37.0 Å². The highest BCUT2D eigenvalue weighted by molar-refractivity contribution is 7.89. The van der Waals surface area contributed by atoms with Crippen molar-refractivity contribution in [1.82, 2.24) is 14.3 Å². The lowest BCUT2D eigenvalue weighted by Gasteiger charge is -2.30. The van der Waals surface area contributed by atoms with Gasteiger partial charge in [0, 0.05) is 36.8 Å². The molecule has 1 fully saturated rings. The summed E-state index contributed by atoms with van der Waals surface area (Å²) in [6.07, 6.45) is 5.13. The fourth-order valence-corrected chi connectivity index (χ4v) is 5.36. The highest BCUT2D eigenvalue weighted by Crippen LogP contribution is 2.31. The second-order valence-corrected chi connectivity index (χ2v) is 8.95. The van der Waals surface area contributed by atoms with Crippen LogP contribution in [0, 0.1) is 0 Å². The van der Waals surface area contributed by atoms with Crippen molar-refractivity contribution in [3.8, 4) is 0 Å². The quantitative estimate of drug-likeness (QED) is 0.821. The molecule has 1 aliphatic rings. The summed E-state index contributed by atoms with van der Waals surface area (Å²) in [6, 6.07) is 3.65. The molecule has 1 N–H and O–H groups in total. The van der Waals surface area contributed by atoms with Crippen molar-refractivity contribution in [2.45, 2.75) is 25.2 Å². The molecular weight excluding hydrogens is 362 g/mol. The van der Waals surface area contributed by atoms with Crippen LogP contribution >= 0.6 is 11.3 Å². The molecule has 0 amide bonds. The number of carboxylic acid groups (broad SMARTS) is 1. The number of carboxylic acids is 1. The Morgan fingerprint density at radius 1 is 1.28 bits per heavy atom. The number of hydrogen-bond donors (Lipinski definition) is 1. The number of hydrogen-bond acceptors (Lipinski definition) is 6. The number of sulfonamides is 1. The third-order valence-corrected chi connectivity index (χ3v) is 7.21. The van der Waals surface area contributed by atoms with Crippen molar-refractivity contribution >= 4 is 27.3 Å². The summed E-state index contributed by atoms with van der Waals surface area (Å²) in [7, 11) is -3.29. The average molecular weight is 381 g/mol. The molecule has 0 aliphatic carbocycles. The molecule has 7 nitrogen and oxygen atoms in total. The van der Waals surface area contributed by atoms with E-state index in [4.69, 9.17) is 5.11 Å². The minimum absolute atomic E-state index is 0.0624. The molecule has 1 aliphatic heterocycles. The van der Waals surface area contributed by atoms with Crippen molar-refractivity contribution < 1.29 is 18.3 Å². The number of aromatic nitrogens is 2. The molecule has 0 spiro atoms. The summed E-state index contributed by atoms with van der Waals surface area (Å²) in [4.78, 5) is 19.0. The fraction of sp³-hybridized carbons (Fsp3) is 0.438. The van der Waals surface area contributed by atoms with E-state index >= 15 is 0 Å². The van der Waals surface area contributed by atoms with Crippen LogP contribution in [0.2, 0.25) is 0 Å². The Kier molecular flexibility index (Phi) is 5.45. The van der Waals surface area contributed by atoms with Gasteiger partial charge in [0.15, 0.2) is 5.69 Å². The van der Waals surface area contributed by atoms with Crippen molar-refractivity contribution in [3.05, 3.63) is 46.2 Å². The van der Waals surface area contributed by atoms with E-state index in [1.165, 1.54) is 21.0 Å². The normalized spacial score (nSPS) is 16.8. The molecule has 0 bridgehead atoms. The molecule has 0 atom stereocenters. The number of aryl methyl sites for hydroxylation is 1. The van der Waals surface area contributed by atoms with Gasteiger partial charge in [-0.3, -0.25) is 4.98 Å². The first kappa shape index (κ1) is 18.0. The topological polar surface area (TPSA) is 100 Å². The Balaban J connectivity index is 1.56.